The summed E-state index contributed by atoms with van der Waals surface area (Å²) in [6, 6.07) is 20.7. The highest BCUT2D eigenvalue weighted by Crippen LogP contribution is 2.40. The van der Waals surface area contributed by atoms with Crippen LogP contribution in [0.3, 0.4) is 0 Å². The van der Waals surface area contributed by atoms with Gasteiger partial charge in [-0.2, -0.15) is 0 Å². The number of thioether (sulfide) groups is 1. The van der Waals surface area contributed by atoms with Crippen LogP contribution in [0.15, 0.2) is 100 Å². The van der Waals surface area contributed by atoms with Gasteiger partial charge in [0.1, 0.15) is 16.9 Å². The van der Waals surface area contributed by atoms with E-state index in [4.69, 9.17) is 21.3 Å². The maximum atomic E-state index is 13.5. The molecule has 0 saturated carbocycles. The summed E-state index contributed by atoms with van der Waals surface area (Å²) in [5, 5.41) is 22.3. The van der Waals surface area contributed by atoms with E-state index in [9.17, 15) is 19.2 Å². The smallest absolute Gasteiger partial charge is 0.252 e. The third-order valence-electron chi connectivity index (χ3n) is 10.4. The van der Waals surface area contributed by atoms with Crippen molar-refractivity contribution in [3.05, 3.63) is 151 Å². The Kier molecular flexibility index (Phi) is 14.0. The Morgan fingerprint density at radius 2 is 1.58 bits per heavy atom. The zero-order valence-corrected chi connectivity index (χ0v) is 38.2. The van der Waals surface area contributed by atoms with Gasteiger partial charge < -0.3 is 20.7 Å². The number of nitrogens with zero attached hydrogens (tertiary/aromatic N) is 6. The summed E-state index contributed by atoms with van der Waals surface area (Å²) in [7, 11) is 0. The van der Waals surface area contributed by atoms with Gasteiger partial charge in [0.25, 0.3) is 11.8 Å². The molecule has 8 rings (SSSR count). The number of thiazole rings is 1. The summed E-state index contributed by atoms with van der Waals surface area (Å²) >= 11 is 10.4. The number of nitrogens with one attached hydrogen (secondary N) is 3. The Balaban J connectivity index is 0.878. The highest BCUT2D eigenvalue weighted by molar-refractivity contribution is 8.14. The van der Waals surface area contributed by atoms with Crippen LogP contribution in [0.2, 0.25) is 5.02 Å². The van der Waals surface area contributed by atoms with Gasteiger partial charge in [0.15, 0.2) is 5.82 Å². The maximum absolute atomic E-state index is 13.5. The summed E-state index contributed by atoms with van der Waals surface area (Å²) < 4.78 is 7.78. The van der Waals surface area contributed by atoms with E-state index in [-0.39, 0.29) is 55.2 Å². The second-order valence-electron chi connectivity index (χ2n) is 14.8. The number of aliphatic imine (C=N–C) groups is 1. The number of carbonyl (C=O) groups excluding carboxylic acids is 4. The number of halogens is 1. The van der Waals surface area contributed by atoms with Crippen molar-refractivity contribution in [2.45, 2.75) is 44.6 Å². The van der Waals surface area contributed by atoms with Crippen LogP contribution in [0.25, 0.3) is 15.9 Å². The summed E-state index contributed by atoms with van der Waals surface area (Å²) in [6.07, 6.45) is 3.83. The molecule has 5 heterocycles. The topological polar surface area (TPSA) is 182 Å². The quantitative estimate of drug-likeness (QED) is 0.0643. The van der Waals surface area contributed by atoms with Crippen LogP contribution < -0.4 is 16.0 Å². The minimum Gasteiger partial charge on any atom is -0.378 e. The Hall–Kier alpha value is -6.11. The highest BCUT2D eigenvalue weighted by Gasteiger charge is 2.32. The molecule has 0 saturated heterocycles. The van der Waals surface area contributed by atoms with Crippen LogP contribution in [-0.4, -0.2) is 86.1 Å². The van der Waals surface area contributed by atoms with Gasteiger partial charge in [-0.15, -0.1) is 32.9 Å². The molecule has 4 aromatic heterocycles. The fourth-order valence-electron chi connectivity index (χ4n) is 7.13. The van der Waals surface area contributed by atoms with E-state index in [1.165, 1.54) is 17.5 Å². The molecule has 1 aliphatic heterocycles. The lowest BCUT2D eigenvalue weighted by atomic mass is 9.99. The normalized spacial score (nSPS) is 13.1. The van der Waals surface area contributed by atoms with E-state index in [0.717, 1.165) is 49.0 Å². The second-order valence-corrected chi connectivity index (χ2v) is 18.4. The van der Waals surface area contributed by atoms with Crippen molar-refractivity contribution in [3.8, 4) is 5.00 Å². The predicted molar refractivity (Wildman–Crippen MR) is 251 cm³/mol. The number of hydrogen-bond acceptors (Lipinski definition) is 13. The predicted octanol–water partition coefficient (Wildman–Crippen LogP) is 7.66. The zero-order chi connectivity index (χ0) is 44.7. The number of thiophene rings is 1. The van der Waals surface area contributed by atoms with E-state index in [1.807, 2.05) is 47.2 Å². The van der Waals surface area contributed by atoms with Gasteiger partial charge in [-0.3, -0.25) is 33.7 Å². The number of aryl methyl sites for hydroxylation is 2. The molecule has 14 nitrogen and oxygen atoms in total. The molecule has 0 fully saturated rings. The standard InChI is InChI=1S/C46H42ClN9O5S3/c1-26-27(2)63-45-39(26)41(29-9-11-34(47)12-10-29)53-35(42-55-54-28(3)56(42)45)24-37(57)48-15-18-61-19-16-51-43(58)32-21-31-22-33(44(59)50-14-13-38-49-17-20-62-38)25-52-40(31)36(23-32)64-46(60)30-7-5-4-6-8-30/h4-12,17,20-23,25,35H,13-16,18-19,24H2,1-3H3,(H,48,57)(H,50,59)(H,51,58)/t35-/m0/s1. The van der Waals surface area contributed by atoms with Crippen molar-refractivity contribution >= 4 is 85.5 Å². The molecule has 0 radical (unpaired) electrons. The zero-order valence-electron chi connectivity index (χ0n) is 35.0. The number of fused-ring (bicyclic) bond motifs is 4. The molecule has 7 aromatic rings. The fourth-order valence-corrected chi connectivity index (χ4v) is 9.99. The largest absolute Gasteiger partial charge is 0.378 e. The number of aromatic nitrogens is 5. The van der Waals surface area contributed by atoms with Crippen molar-refractivity contribution in [3.63, 3.8) is 0 Å². The highest BCUT2D eigenvalue weighted by atomic mass is 35.5. The Labute approximate surface area is 386 Å². The number of rotatable bonds is 16. The summed E-state index contributed by atoms with van der Waals surface area (Å²) in [5.74, 6) is 0.362. The average molecular weight is 933 g/mol. The van der Waals surface area contributed by atoms with Gasteiger partial charge in [-0.05, 0) is 68.4 Å². The van der Waals surface area contributed by atoms with Gasteiger partial charge in [-0.25, -0.2) is 4.98 Å². The summed E-state index contributed by atoms with van der Waals surface area (Å²) in [5.41, 5.74) is 5.35. The first-order valence-electron chi connectivity index (χ1n) is 20.4. The van der Waals surface area contributed by atoms with E-state index in [2.05, 4.69) is 50.0 Å². The molecule has 1 aliphatic rings. The Bertz CT molecular complexity index is 2880. The second kappa shape index (κ2) is 20.2. The van der Waals surface area contributed by atoms with E-state index in [0.29, 0.717) is 56.6 Å². The maximum Gasteiger partial charge on any atom is 0.252 e. The van der Waals surface area contributed by atoms with Crippen LogP contribution >= 0.6 is 46.0 Å². The molecule has 3 aromatic carbocycles. The van der Waals surface area contributed by atoms with Crippen molar-refractivity contribution < 1.29 is 23.9 Å². The Morgan fingerprint density at radius 1 is 0.844 bits per heavy atom. The van der Waals surface area contributed by atoms with Crippen LogP contribution in [0, 0.1) is 20.8 Å². The monoisotopic (exact) mass is 931 g/mol. The van der Waals surface area contributed by atoms with E-state index < -0.39 is 11.9 Å². The van der Waals surface area contributed by atoms with Crippen molar-refractivity contribution in [2.75, 3.05) is 32.8 Å². The van der Waals surface area contributed by atoms with E-state index in [1.54, 1.807) is 60.0 Å². The number of ether oxygens (including phenoxy) is 1. The average Bonchev–Trinajstić information content (AvgIpc) is 4.01. The fraction of sp³-hybridized carbons (Fsp3) is 0.239. The van der Waals surface area contributed by atoms with Gasteiger partial charge in [0.2, 0.25) is 11.0 Å². The van der Waals surface area contributed by atoms with Crippen LogP contribution in [-0.2, 0) is 16.0 Å². The van der Waals surface area contributed by atoms with Gasteiger partial charge in [0, 0.05) is 86.3 Å². The molecule has 64 heavy (non-hydrogen) atoms. The van der Waals surface area contributed by atoms with Crippen LogP contribution in [0.1, 0.15) is 81.8 Å². The van der Waals surface area contributed by atoms with Crippen LogP contribution in [0.4, 0.5) is 0 Å². The van der Waals surface area contributed by atoms with Crippen molar-refractivity contribution in [2.24, 2.45) is 4.99 Å². The molecule has 0 bridgehead atoms. The van der Waals surface area contributed by atoms with Crippen molar-refractivity contribution in [1.29, 1.82) is 0 Å². The molecular formula is C46H42ClN9O5S3. The molecule has 326 valence electrons. The number of amides is 3. The third-order valence-corrected chi connectivity index (χ3v) is 13.7. The molecule has 0 unspecified atom stereocenters. The summed E-state index contributed by atoms with van der Waals surface area (Å²) in [6.45, 7) is 7.25. The lowest BCUT2D eigenvalue weighted by molar-refractivity contribution is -0.121. The lowest BCUT2D eigenvalue weighted by Crippen LogP contribution is -2.31. The lowest BCUT2D eigenvalue weighted by Gasteiger charge is -2.13. The molecule has 0 spiro atoms. The summed E-state index contributed by atoms with van der Waals surface area (Å²) in [4.78, 5) is 68.9. The molecule has 3 amide bonds. The van der Waals surface area contributed by atoms with Gasteiger partial charge in [-0.1, -0.05) is 54.1 Å². The third kappa shape index (κ3) is 10.1. The number of hydrogen-bond donors (Lipinski definition) is 3. The Morgan fingerprint density at radius 3 is 2.34 bits per heavy atom. The van der Waals surface area contributed by atoms with E-state index >= 15 is 0 Å². The van der Waals surface area contributed by atoms with Crippen molar-refractivity contribution in [1.82, 2.24) is 40.7 Å². The molecule has 18 heteroatoms. The molecular weight excluding hydrogens is 890 g/mol. The van der Waals surface area contributed by atoms with Gasteiger partial charge >= 0.3 is 0 Å². The first kappa shape index (κ1) is 44.5. The molecule has 1 atom stereocenters. The van der Waals surface area contributed by atoms with Crippen LogP contribution in [0.5, 0.6) is 0 Å². The molecule has 0 aliphatic carbocycles. The number of pyridine rings is 1. The SMILES string of the molecule is Cc1sc2c(c1C)C(c1ccc(Cl)cc1)=N[C@@H](CC(=O)NCCOCCNC(=O)c1cc(SC(=O)c3ccccc3)c3ncc(C(=O)NCCc4nccs4)cc3c1)c1nnc(C)n1-2. The molecule has 3 N–H and O–H groups in total. The first-order valence-corrected chi connectivity index (χ1v) is 23.3. The van der Waals surface area contributed by atoms with Gasteiger partial charge in [0.05, 0.1) is 41.4 Å². The first-order chi connectivity index (χ1) is 31.0. The minimum absolute atomic E-state index is 0.0379. The number of carbonyl (C=O) groups is 4. The number of benzene rings is 3. The minimum atomic E-state index is -0.605.